The van der Waals surface area contributed by atoms with Gasteiger partial charge in [0.2, 0.25) is 0 Å². The molecule has 2 atom stereocenters. The summed E-state index contributed by atoms with van der Waals surface area (Å²) >= 11 is 6.96. The molecule has 1 aliphatic rings. The summed E-state index contributed by atoms with van der Waals surface area (Å²) in [6.07, 6.45) is -1.43. The number of esters is 1. The fourth-order valence-electron chi connectivity index (χ4n) is 2.65. The molecular formula is C16H17ClF3N5O3S. The first kappa shape index (κ1) is 21.8. The van der Waals surface area contributed by atoms with E-state index in [1.54, 1.807) is 13.0 Å². The molecule has 0 N–H and O–H groups in total. The summed E-state index contributed by atoms with van der Waals surface area (Å²) in [7, 11) is 0. The average molecular weight is 452 g/mol. The molecule has 158 valence electrons. The molecule has 13 heteroatoms. The van der Waals surface area contributed by atoms with Crippen molar-refractivity contribution in [1.29, 1.82) is 0 Å². The Hall–Kier alpha value is -1.92. The Balaban J connectivity index is 1.68. The van der Waals surface area contributed by atoms with Gasteiger partial charge in [0, 0.05) is 12.2 Å². The van der Waals surface area contributed by atoms with E-state index in [0.29, 0.717) is 12.1 Å². The normalized spacial score (nSPS) is 19.2. The summed E-state index contributed by atoms with van der Waals surface area (Å²) in [6.45, 7) is 1.82. The van der Waals surface area contributed by atoms with Gasteiger partial charge in [0.25, 0.3) is 0 Å². The highest BCUT2D eigenvalue weighted by atomic mass is 35.5. The Morgan fingerprint density at radius 3 is 2.90 bits per heavy atom. The van der Waals surface area contributed by atoms with Gasteiger partial charge in [-0.25, -0.2) is 19.4 Å². The van der Waals surface area contributed by atoms with Crippen LogP contribution >= 0.6 is 23.4 Å². The van der Waals surface area contributed by atoms with Crippen LogP contribution in [-0.2, 0) is 14.3 Å². The van der Waals surface area contributed by atoms with Crippen molar-refractivity contribution >= 4 is 40.5 Å². The molecule has 1 aliphatic carbocycles. The van der Waals surface area contributed by atoms with E-state index in [2.05, 4.69) is 20.3 Å². The summed E-state index contributed by atoms with van der Waals surface area (Å²) in [5.74, 6) is -0.671. The number of hydrogen-bond acceptors (Lipinski definition) is 8. The molecule has 0 amide bonds. The van der Waals surface area contributed by atoms with E-state index >= 15 is 0 Å². The van der Waals surface area contributed by atoms with Crippen LogP contribution in [0, 0.1) is 0 Å². The third-order valence-corrected chi connectivity index (χ3v) is 5.05. The highest BCUT2D eigenvalue weighted by molar-refractivity contribution is 7.99. The molecule has 0 aliphatic heterocycles. The van der Waals surface area contributed by atoms with Gasteiger partial charge in [0.05, 0.1) is 25.2 Å². The summed E-state index contributed by atoms with van der Waals surface area (Å²) in [6, 6.07) is -0.258. The number of rotatable bonds is 8. The SMILES string of the molecule is CCOC(=O)CO[C@@H]1C=C[C@@H](n2nnc3c(Cl)nc(SCCC(F)(F)F)nc32)C1. The lowest BCUT2D eigenvalue weighted by Gasteiger charge is -2.13. The smallest absolute Gasteiger partial charge is 0.389 e. The van der Waals surface area contributed by atoms with Crippen LogP contribution in [0.15, 0.2) is 17.3 Å². The lowest BCUT2D eigenvalue weighted by Crippen LogP contribution is -2.19. The van der Waals surface area contributed by atoms with Gasteiger partial charge in [-0.2, -0.15) is 13.2 Å². The summed E-state index contributed by atoms with van der Waals surface area (Å²) in [4.78, 5) is 19.7. The second-order valence-corrected chi connectivity index (χ2v) is 7.48. The number of nitrogens with zero attached hydrogens (tertiary/aromatic N) is 5. The lowest BCUT2D eigenvalue weighted by atomic mass is 10.2. The predicted octanol–water partition coefficient (Wildman–Crippen LogP) is 3.37. The third-order valence-electron chi connectivity index (χ3n) is 3.93. The van der Waals surface area contributed by atoms with E-state index in [1.807, 2.05) is 6.08 Å². The van der Waals surface area contributed by atoms with Gasteiger partial charge in [0.1, 0.15) is 6.61 Å². The maximum Gasteiger partial charge on any atom is 0.389 e. The number of aromatic nitrogens is 5. The molecule has 0 saturated carbocycles. The number of carbonyl (C=O) groups is 1. The first-order valence-electron chi connectivity index (χ1n) is 8.70. The van der Waals surface area contributed by atoms with E-state index in [-0.39, 0.29) is 46.9 Å². The Morgan fingerprint density at radius 2 is 2.17 bits per heavy atom. The minimum atomic E-state index is -4.25. The highest BCUT2D eigenvalue weighted by Crippen LogP contribution is 2.30. The fourth-order valence-corrected chi connectivity index (χ4v) is 3.73. The number of ether oxygens (including phenoxy) is 2. The standard InChI is InChI=1S/C16H17ClF3N5O3S/c1-2-27-11(26)8-28-10-4-3-9(7-10)25-14-12(23-24-25)13(17)21-15(22-14)29-6-5-16(18,19)20/h3-4,9-10H,2,5-8H2,1H3/t9-,10-/m1/s1. The minimum Gasteiger partial charge on any atom is -0.464 e. The molecule has 3 rings (SSSR count). The molecule has 0 radical (unpaired) electrons. The molecule has 0 aromatic carbocycles. The minimum absolute atomic E-state index is 0.0212. The third kappa shape index (κ3) is 5.80. The summed E-state index contributed by atoms with van der Waals surface area (Å²) < 4.78 is 48.9. The second kappa shape index (κ2) is 9.26. The number of carbonyl (C=O) groups excluding carboxylic acids is 1. The second-order valence-electron chi connectivity index (χ2n) is 6.06. The number of allylic oxidation sites excluding steroid dienone is 1. The number of hydrogen-bond donors (Lipinski definition) is 0. The fraction of sp³-hybridized carbons (Fsp3) is 0.562. The Bertz CT molecular complexity index is 908. The average Bonchev–Trinajstić information content (AvgIpc) is 3.26. The molecule has 2 heterocycles. The van der Waals surface area contributed by atoms with Crippen molar-refractivity contribution < 1.29 is 27.4 Å². The van der Waals surface area contributed by atoms with Crippen LogP contribution in [0.5, 0.6) is 0 Å². The Labute approximate surface area is 172 Å². The van der Waals surface area contributed by atoms with Crippen LogP contribution in [0.1, 0.15) is 25.8 Å². The first-order valence-corrected chi connectivity index (χ1v) is 10.1. The zero-order valence-corrected chi connectivity index (χ0v) is 16.8. The molecular weight excluding hydrogens is 435 g/mol. The van der Waals surface area contributed by atoms with E-state index in [0.717, 1.165) is 11.8 Å². The van der Waals surface area contributed by atoms with Crippen molar-refractivity contribution in [2.75, 3.05) is 19.0 Å². The van der Waals surface area contributed by atoms with Crippen LogP contribution < -0.4 is 0 Å². The van der Waals surface area contributed by atoms with Gasteiger partial charge < -0.3 is 9.47 Å². The van der Waals surface area contributed by atoms with Crippen LogP contribution in [-0.4, -0.2) is 62.2 Å². The molecule has 2 aromatic rings. The Morgan fingerprint density at radius 1 is 1.38 bits per heavy atom. The van der Waals surface area contributed by atoms with Gasteiger partial charge in [-0.1, -0.05) is 40.7 Å². The molecule has 0 unspecified atom stereocenters. The van der Waals surface area contributed by atoms with E-state index in [4.69, 9.17) is 21.1 Å². The van der Waals surface area contributed by atoms with Gasteiger partial charge in [-0.05, 0) is 6.92 Å². The Kier molecular flexibility index (Phi) is 6.96. The maximum absolute atomic E-state index is 12.3. The van der Waals surface area contributed by atoms with Gasteiger partial charge >= 0.3 is 12.1 Å². The molecule has 2 aromatic heterocycles. The summed E-state index contributed by atoms with van der Waals surface area (Å²) in [5, 5.41) is 8.15. The van der Waals surface area contributed by atoms with Crippen LogP contribution in [0.25, 0.3) is 11.2 Å². The number of thioether (sulfide) groups is 1. The number of fused-ring (bicyclic) bond motifs is 1. The maximum atomic E-state index is 12.3. The summed E-state index contributed by atoms with van der Waals surface area (Å²) in [5.41, 5.74) is 0.580. The number of alkyl halides is 3. The van der Waals surface area contributed by atoms with Crippen molar-refractivity contribution in [1.82, 2.24) is 25.0 Å². The first-order chi connectivity index (χ1) is 13.8. The van der Waals surface area contributed by atoms with Crippen molar-refractivity contribution in [3.8, 4) is 0 Å². The zero-order chi connectivity index (χ0) is 21.0. The molecule has 8 nitrogen and oxygen atoms in total. The van der Waals surface area contributed by atoms with E-state index in [9.17, 15) is 18.0 Å². The van der Waals surface area contributed by atoms with E-state index < -0.39 is 18.6 Å². The van der Waals surface area contributed by atoms with Crippen molar-refractivity contribution in [3.63, 3.8) is 0 Å². The lowest BCUT2D eigenvalue weighted by molar-refractivity contribution is -0.149. The van der Waals surface area contributed by atoms with Crippen LogP contribution in [0.4, 0.5) is 13.2 Å². The number of halogens is 4. The monoisotopic (exact) mass is 451 g/mol. The van der Waals surface area contributed by atoms with Crippen molar-refractivity contribution in [2.24, 2.45) is 0 Å². The highest BCUT2D eigenvalue weighted by Gasteiger charge is 2.28. The molecule has 0 saturated heterocycles. The zero-order valence-electron chi connectivity index (χ0n) is 15.2. The molecule has 0 spiro atoms. The predicted molar refractivity (Wildman–Crippen MR) is 98.7 cm³/mol. The van der Waals surface area contributed by atoms with Crippen LogP contribution in [0.2, 0.25) is 5.15 Å². The van der Waals surface area contributed by atoms with Crippen molar-refractivity contribution in [2.45, 2.75) is 43.2 Å². The molecule has 0 bridgehead atoms. The molecule has 0 fully saturated rings. The topological polar surface area (TPSA) is 92.0 Å². The van der Waals surface area contributed by atoms with Crippen molar-refractivity contribution in [3.05, 3.63) is 17.3 Å². The van der Waals surface area contributed by atoms with Gasteiger partial charge in [-0.3, -0.25) is 0 Å². The van der Waals surface area contributed by atoms with Gasteiger partial charge in [-0.15, -0.1) is 5.10 Å². The largest absolute Gasteiger partial charge is 0.464 e. The van der Waals surface area contributed by atoms with Crippen LogP contribution in [0.3, 0.4) is 0 Å². The quantitative estimate of drug-likeness (QED) is 0.198. The van der Waals surface area contributed by atoms with Gasteiger partial charge in [0.15, 0.2) is 21.5 Å². The van der Waals surface area contributed by atoms with E-state index in [1.165, 1.54) is 4.68 Å². The molecule has 29 heavy (non-hydrogen) atoms.